The van der Waals surface area contributed by atoms with Crippen molar-refractivity contribution in [1.82, 2.24) is 0 Å². The molecular weight excluding hydrogens is 325 g/mol. The zero-order valence-electron chi connectivity index (χ0n) is 9.06. The zero-order valence-corrected chi connectivity index (χ0v) is 12.2. The highest BCUT2D eigenvalue weighted by molar-refractivity contribution is 9.10. The van der Waals surface area contributed by atoms with Gasteiger partial charge in [0.25, 0.3) is 0 Å². The number of hydrogen-bond donors (Lipinski definition) is 1. The van der Waals surface area contributed by atoms with E-state index in [2.05, 4.69) is 21.2 Å². The molecule has 0 fully saturated rings. The maximum atomic E-state index is 13.1. The van der Waals surface area contributed by atoms with Crippen LogP contribution in [-0.2, 0) is 6.54 Å². The number of nitrogens with one attached hydrogen (secondary N) is 1. The van der Waals surface area contributed by atoms with Gasteiger partial charge in [-0.2, -0.15) is 0 Å². The van der Waals surface area contributed by atoms with E-state index in [9.17, 15) is 4.39 Å². The lowest BCUT2D eigenvalue weighted by Gasteiger charge is -2.06. The molecule has 0 bridgehead atoms. The molecule has 0 aliphatic carbocycles. The second-order valence-electron chi connectivity index (χ2n) is 3.65. The Labute approximate surface area is 117 Å². The molecule has 0 amide bonds. The smallest absolute Gasteiger partial charge is 0.126 e. The van der Waals surface area contributed by atoms with Crippen LogP contribution in [0.25, 0.3) is 0 Å². The minimum Gasteiger partial charge on any atom is -0.380 e. The Morgan fingerprint density at radius 3 is 2.76 bits per heavy atom. The van der Waals surface area contributed by atoms with Crippen LogP contribution >= 0.6 is 38.9 Å². The number of anilines is 1. The highest BCUT2D eigenvalue weighted by atomic mass is 79.9. The summed E-state index contributed by atoms with van der Waals surface area (Å²) in [5.41, 5.74) is 1.55. The monoisotopic (exact) mass is 333 g/mol. The number of hydrogen-bond acceptors (Lipinski definition) is 2. The molecule has 2 rings (SSSR count). The molecule has 0 saturated heterocycles. The molecule has 0 unspecified atom stereocenters. The molecule has 1 heterocycles. The van der Waals surface area contributed by atoms with Crippen LogP contribution in [-0.4, -0.2) is 0 Å². The molecule has 2 aromatic rings. The minimum atomic E-state index is -0.183. The molecule has 5 heteroatoms. The first-order chi connectivity index (χ1) is 8.06. The first-order valence-electron chi connectivity index (χ1n) is 5.00. The molecule has 0 saturated carbocycles. The predicted octanol–water partition coefficient (Wildman–Crippen LogP) is 5.22. The Morgan fingerprint density at radius 2 is 2.18 bits per heavy atom. The van der Waals surface area contributed by atoms with Gasteiger partial charge in [-0.25, -0.2) is 4.39 Å². The molecule has 1 aromatic heterocycles. The van der Waals surface area contributed by atoms with Crippen LogP contribution in [0.3, 0.4) is 0 Å². The van der Waals surface area contributed by atoms with Crippen molar-refractivity contribution in [3.05, 3.63) is 49.3 Å². The molecule has 0 aliphatic rings. The van der Waals surface area contributed by atoms with Crippen LogP contribution in [0.5, 0.6) is 0 Å². The fourth-order valence-corrected chi connectivity index (χ4v) is 3.15. The van der Waals surface area contributed by atoms with Crippen molar-refractivity contribution in [2.45, 2.75) is 13.5 Å². The summed E-state index contributed by atoms with van der Waals surface area (Å²) in [5.74, 6) is -0.183. The van der Waals surface area contributed by atoms with Gasteiger partial charge in [0.1, 0.15) is 10.2 Å². The molecule has 0 aliphatic heterocycles. The highest BCUT2D eigenvalue weighted by Crippen LogP contribution is 2.32. The predicted molar refractivity (Wildman–Crippen MR) is 75.5 cm³/mol. The summed E-state index contributed by atoms with van der Waals surface area (Å²) in [4.78, 5) is 1.13. The van der Waals surface area contributed by atoms with Gasteiger partial charge in [0.2, 0.25) is 0 Å². The quantitative estimate of drug-likeness (QED) is 0.811. The van der Waals surface area contributed by atoms with Crippen molar-refractivity contribution >= 4 is 44.6 Å². The van der Waals surface area contributed by atoms with Crippen molar-refractivity contribution in [1.29, 1.82) is 0 Å². The molecule has 1 aromatic carbocycles. The first kappa shape index (κ1) is 12.9. The van der Waals surface area contributed by atoms with E-state index < -0.39 is 0 Å². The third kappa shape index (κ3) is 3.21. The van der Waals surface area contributed by atoms with Gasteiger partial charge in [-0.1, -0.05) is 11.6 Å². The lowest BCUT2D eigenvalue weighted by Crippen LogP contribution is -1.98. The van der Waals surface area contributed by atoms with Crippen LogP contribution in [0.15, 0.2) is 28.7 Å². The van der Waals surface area contributed by atoms with E-state index in [0.29, 0.717) is 12.1 Å². The van der Waals surface area contributed by atoms with Crippen LogP contribution < -0.4 is 5.32 Å². The molecule has 1 N–H and O–H groups in total. The van der Waals surface area contributed by atoms with Gasteiger partial charge < -0.3 is 5.32 Å². The van der Waals surface area contributed by atoms with Crippen molar-refractivity contribution in [2.75, 3.05) is 5.32 Å². The van der Waals surface area contributed by atoms with Crippen LogP contribution in [0, 0.1) is 12.7 Å². The van der Waals surface area contributed by atoms with Gasteiger partial charge in [0, 0.05) is 21.6 Å². The summed E-state index contributed by atoms with van der Waals surface area (Å²) in [7, 11) is 0. The average molecular weight is 335 g/mol. The second-order valence-corrected chi connectivity index (χ2v) is 6.25. The molecular formula is C12H10BrClFNS. The molecule has 0 spiro atoms. The fourth-order valence-electron chi connectivity index (χ4n) is 1.42. The van der Waals surface area contributed by atoms with E-state index in [1.54, 1.807) is 19.1 Å². The number of thiophene rings is 1. The Balaban J connectivity index is 2.04. The van der Waals surface area contributed by atoms with Crippen molar-refractivity contribution < 1.29 is 4.39 Å². The summed E-state index contributed by atoms with van der Waals surface area (Å²) >= 11 is 10.8. The maximum absolute atomic E-state index is 13.1. The summed E-state index contributed by atoms with van der Waals surface area (Å²) < 4.78 is 14.7. The van der Waals surface area contributed by atoms with Gasteiger partial charge in [-0.3, -0.25) is 0 Å². The lowest BCUT2D eigenvalue weighted by atomic mass is 10.2. The summed E-state index contributed by atoms with van der Waals surface area (Å²) in [6.07, 6.45) is 0. The van der Waals surface area contributed by atoms with Crippen molar-refractivity contribution in [2.24, 2.45) is 0 Å². The largest absolute Gasteiger partial charge is 0.380 e. The standard InChI is InChI=1S/C12H10BrClFNS/c1-7-4-8(2-3-11(7)15)16-6-9-5-10(13)12(14)17-9/h2-5,16H,6H2,1H3. The van der Waals surface area contributed by atoms with Crippen LogP contribution in [0.2, 0.25) is 4.34 Å². The van der Waals surface area contributed by atoms with E-state index >= 15 is 0 Å². The van der Waals surface area contributed by atoms with Crippen molar-refractivity contribution in [3.63, 3.8) is 0 Å². The third-order valence-electron chi connectivity index (χ3n) is 2.32. The topological polar surface area (TPSA) is 12.0 Å². The Bertz CT molecular complexity index is 522. The van der Waals surface area contributed by atoms with Gasteiger partial charge in [0.15, 0.2) is 0 Å². The van der Waals surface area contributed by atoms with E-state index in [1.165, 1.54) is 17.4 Å². The summed E-state index contributed by atoms with van der Waals surface area (Å²) in [6, 6.07) is 6.97. The van der Waals surface area contributed by atoms with Gasteiger partial charge in [-0.05, 0) is 52.7 Å². The summed E-state index contributed by atoms with van der Waals surface area (Å²) in [6.45, 7) is 2.43. The average Bonchev–Trinajstić information content (AvgIpc) is 2.60. The first-order valence-corrected chi connectivity index (χ1v) is 6.99. The third-order valence-corrected chi connectivity index (χ3v) is 4.80. The van der Waals surface area contributed by atoms with Gasteiger partial charge >= 0.3 is 0 Å². The maximum Gasteiger partial charge on any atom is 0.126 e. The van der Waals surface area contributed by atoms with Crippen molar-refractivity contribution in [3.8, 4) is 0 Å². The molecule has 0 radical (unpaired) electrons. The zero-order chi connectivity index (χ0) is 12.4. The number of rotatable bonds is 3. The number of halogens is 3. The van der Waals surface area contributed by atoms with E-state index in [-0.39, 0.29) is 5.82 Å². The van der Waals surface area contributed by atoms with Crippen LogP contribution in [0.1, 0.15) is 10.4 Å². The number of aryl methyl sites for hydroxylation is 1. The highest BCUT2D eigenvalue weighted by Gasteiger charge is 2.04. The minimum absolute atomic E-state index is 0.183. The lowest BCUT2D eigenvalue weighted by molar-refractivity contribution is 0.618. The van der Waals surface area contributed by atoms with Gasteiger partial charge in [-0.15, -0.1) is 11.3 Å². The molecule has 0 atom stereocenters. The van der Waals surface area contributed by atoms with E-state index in [1.807, 2.05) is 6.07 Å². The van der Waals surface area contributed by atoms with Gasteiger partial charge in [0.05, 0.1) is 0 Å². The second kappa shape index (κ2) is 5.38. The summed E-state index contributed by atoms with van der Waals surface area (Å²) in [5, 5.41) is 3.23. The molecule has 17 heavy (non-hydrogen) atoms. The molecule has 1 nitrogen and oxygen atoms in total. The van der Waals surface area contributed by atoms with Crippen LogP contribution in [0.4, 0.5) is 10.1 Å². The van der Waals surface area contributed by atoms with E-state index in [0.717, 1.165) is 19.4 Å². The SMILES string of the molecule is Cc1cc(NCc2cc(Br)c(Cl)s2)ccc1F. The fraction of sp³-hybridized carbons (Fsp3) is 0.167. The Hall–Kier alpha value is -0.580. The normalized spacial score (nSPS) is 10.6. The Morgan fingerprint density at radius 1 is 1.41 bits per heavy atom. The molecule has 90 valence electrons. The number of benzene rings is 1. The Kier molecular flexibility index (Phi) is 4.07. The van der Waals surface area contributed by atoms with E-state index in [4.69, 9.17) is 11.6 Å².